The number of Topliss-reactive ketones (excluding diaryl/α,β-unsaturated/α-hetero) is 1. The van der Waals surface area contributed by atoms with Crippen molar-refractivity contribution in [1.29, 1.82) is 0 Å². The van der Waals surface area contributed by atoms with Crippen molar-refractivity contribution in [2.75, 3.05) is 18.1 Å². The van der Waals surface area contributed by atoms with E-state index in [0.29, 0.717) is 12.5 Å². The van der Waals surface area contributed by atoms with Gasteiger partial charge in [-0.3, -0.25) is 14.9 Å². The number of anilines is 1. The Labute approximate surface area is 146 Å². The van der Waals surface area contributed by atoms with Crippen molar-refractivity contribution in [2.45, 2.75) is 37.8 Å². The average molecular weight is 338 g/mol. The molecule has 2 unspecified atom stereocenters. The highest BCUT2D eigenvalue weighted by Gasteiger charge is 2.44. The van der Waals surface area contributed by atoms with Crippen LogP contribution in [0.25, 0.3) is 10.9 Å². The van der Waals surface area contributed by atoms with Gasteiger partial charge in [0.1, 0.15) is 5.82 Å². The molecular weight excluding hydrogens is 316 g/mol. The number of carbonyl (C=O) groups is 2. The summed E-state index contributed by atoms with van der Waals surface area (Å²) in [5, 5.41) is 7.43. The lowest BCUT2D eigenvalue weighted by atomic mass is 9.75. The minimum Gasteiger partial charge on any atom is -0.345 e. The first-order valence-electron chi connectivity index (χ1n) is 9.00. The van der Waals surface area contributed by atoms with E-state index in [2.05, 4.69) is 45.2 Å². The summed E-state index contributed by atoms with van der Waals surface area (Å²) in [5.74, 6) is 1.12. The number of nitrogens with zero attached hydrogens (tertiary/aromatic N) is 2. The van der Waals surface area contributed by atoms with Crippen LogP contribution in [0, 0.1) is 0 Å². The van der Waals surface area contributed by atoms with Gasteiger partial charge in [0.25, 0.3) is 0 Å². The van der Waals surface area contributed by atoms with Crippen LogP contribution >= 0.6 is 0 Å². The van der Waals surface area contributed by atoms with Crippen LogP contribution in [0.4, 0.5) is 5.82 Å². The Bertz CT molecular complexity index is 916. The minimum absolute atomic E-state index is 0.0149. The van der Waals surface area contributed by atoms with Crippen molar-refractivity contribution < 1.29 is 9.59 Å². The van der Waals surface area contributed by atoms with Gasteiger partial charge in [-0.05, 0) is 25.0 Å². The molecule has 0 spiro atoms. The van der Waals surface area contributed by atoms with Gasteiger partial charge in [-0.25, -0.2) is 0 Å². The molecule has 1 aromatic carbocycles. The smallest absolute Gasteiger partial charge is 0.220 e. The van der Waals surface area contributed by atoms with Gasteiger partial charge in [-0.15, -0.1) is 0 Å². The van der Waals surface area contributed by atoms with Gasteiger partial charge in [0, 0.05) is 37.4 Å². The summed E-state index contributed by atoms with van der Waals surface area (Å²) < 4.78 is 2.15. The van der Waals surface area contributed by atoms with Gasteiger partial charge in [0.05, 0.1) is 23.8 Å². The van der Waals surface area contributed by atoms with Gasteiger partial charge >= 0.3 is 0 Å². The second-order valence-electron chi connectivity index (χ2n) is 7.48. The molecule has 130 valence electrons. The van der Waals surface area contributed by atoms with Crippen molar-refractivity contribution in [3.05, 3.63) is 29.3 Å². The van der Waals surface area contributed by atoms with E-state index in [1.807, 2.05) is 7.05 Å². The molecule has 1 aliphatic carbocycles. The molecule has 1 amide bonds. The third kappa shape index (κ3) is 1.88. The predicted molar refractivity (Wildman–Crippen MR) is 96.0 cm³/mol. The molecule has 2 aromatic rings. The number of aryl methyl sites for hydroxylation is 1. The summed E-state index contributed by atoms with van der Waals surface area (Å²) in [5.41, 5.74) is 3.09. The van der Waals surface area contributed by atoms with Crippen molar-refractivity contribution in [3.63, 3.8) is 0 Å². The fourth-order valence-corrected chi connectivity index (χ4v) is 4.86. The number of amides is 1. The lowest BCUT2D eigenvalue weighted by Crippen LogP contribution is -2.50. The Morgan fingerprint density at radius 1 is 1.24 bits per heavy atom. The highest BCUT2D eigenvalue weighted by molar-refractivity contribution is 6.19. The van der Waals surface area contributed by atoms with Gasteiger partial charge in [0.2, 0.25) is 5.91 Å². The maximum atomic E-state index is 13.4. The molecule has 6 heteroatoms. The molecule has 3 heterocycles. The van der Waals surface area contributed by atoms with Crippen LogP contribution in [-0.2, 0) is 11.8 Å². The number of aromatic nitrogens is 1. The maximum absolute atomic E-state index is 13.4. The number of hydrogen-bond acceptors (Lipinski definition) is 4. The number of hydrogen-bond donors (Lipinski definition) is 2. The van der Waals surface area contributed by atoms with Gasteiger partial charge in [-0.2, -0.15) is 0 Å². The van der Waals surface area contributed by atoms with Crippen molar-refractivity contribution in [2.24, 2.45) is 7.05 Å². The standard InChI is InChI=1S/C19H22N4O2/c1-10-8-20-9-23(10)19-16-15-11(4-3-5-13(15)22(19)2)12-6-7-14(24)21-17(12)18(16)25/h3-5,10,12,17,20H,6-9H2,1-2H3,(H,21,24)/t10?,12?,17-/m0/s1. The van der Waals surface area contributed by atoms with Crippen LogP contribution in [0.3, 0.4) is 0 Å². The third-order valence-electron chi connectivity index (χ3n) is 6.08. The van der Waals surface area contributed by atoms with Gasteiger partial charge in [0.15, 0.2) is 5.78 Å². The molecule has 0 saturated carbocycles. The summed E-state index contributed by atoms with van der Waals surface area (Å²) in [6.45, 7) is 3.82. The average Bonchev–Trinajstić information content (AvgIpc) is 3.15. The molecule has 5 rings (SSSR count). The summed E-state index contributed by atoms with van der Waals surface area (Å²) in [7, 11) is 2.04. The highest BCUT2D eigenvalue weighted by atomic mass is 16.2. The quantitative estimate of drug-likeness (QED) is 0.827. The zero-order chi connectivity index (χ0) is 17.3. The van der Waals surface area contributed by atoms with E-state index in [1.54, 1.807) is 0 Å². The van der Waals surface area contributed by atoms with Crippen LogP contribution in [0.2, 0.25) is 0 Å². The molecule has 2 fully saturated rings. The lowest BCUT2D eigenvalue weighted by molar-refractivity contribution is -0.123. The van der Waals surface area contributed by atoms with E-state index in [0.717, 1.165) is 41.9 Å². The molecule has 1 aromatic heterocycles. The SMILES string of the molecule is CC1CNCN1c1c2c3c(cccc3n1C)C1CCC(=O)N[C@@H]1C2=O. The number of piperidine rings is 1. The van der Waals surface area contributed by atoms with Crippen LogP contribution in [0.15, 0.2) is 18.2 Å². The Morgan fingerprint density at radius 3 is 2.84 bits per heavy atom. The first-order valence-corrected chi connectivity index (χ1v) is 9.00. The Kier molecular flexibility index (Phi) is 3.04. The van der Waals surface area contributed by atoms with Crippen molar-refractivity contribution >= 4 is 28.4 Å². The molecule has 3 atom stereocenters. The summed E-state index contributed by atoms with van der Waals surface area (Å²) in [6, 6.07) is 6.19. The number of fused-ring (bicyclic) bond motifs is 2. The van der Waals surface area contributed by atoms with Crippen LogP contribution < -0.4 is 15.5 Å². The van der Waals surface area contributed by atoms with Crippen LogP contribution in [-0.4, -0.2) is 41.6 Å². The van der Waals surface area contributed by atoms with E-state index in [-0.39, 0.29) is 17.6 Å². The summed E-state index contributed by atoms with van der Waals surface area (Å²) in [6.07, 6.45) is 1.24. The zero-order valence-corrected chi connectivity index (χ0v) is 14.5. The number of rotatable bonds is 1. The molecule has 2 saturated heterocycles. The molecular formula is C19H22N4O2. The van der Waals surface area contributed by atoms with Gasteiger partial charge in [-0.1, -0.05) is 12.1 Å². The van der Waals surface area contributed by atoms with E-state index in [4.69, 9.17) is 0 Å². The van der Waals surface area contributed by atoms with E-state index >= 15 is 0 Å². The summed E-state index contributed by atoms with van der Waals surface area (Å²) in [4.78, 5) is 27.6. The molecule has 0 radical (unpaired) electrons. The van der Waals surface area contributed by atoms with Crippen molar-refractivity contribution in [1.82, 2.24) is 15.2 Å². The number of nitrogens with one attached hydrogen (secondary N) is 2. The molecule has 25 heavy (non-hydrogen) atoms. The fourth-order valence-electron chi connectivity index (χ4n) is 4.86. The molecule has 2 N–H and O–H groups in total. The Hall–Kier alpha value is -2.34. The van der Waals surface area contributed by atoms with Gasteiger partial charge < -0.3 is 14.8 Å². The van der Waals surface area contributed by atoms with E-state index in [9.17, 15) is 9.59 Å². The highest BCUT2D eigenvalue weighted by Crippen LogP contribution is 2.45. The Morgan fingerprint density at radius 2 is 2.08 bits per heavy atom. The Balaban J connectivity index is 1.80. The molecule has 2 aliphatic heterocycles. The fraction of sp³-hybridized carbons (Fsp3) is 0.474. The van der Waals surface area contributed by atoms with E-state index < -0.39 is 6.04 Å². The zero-order valence-electron chi connectivity index (χ0n) is 14.5. The topological polar surface area (TPSA) is 66.4 Å². The lowest BCUT2D eigenvalue weighted by Gasteiger charge is -2.35. The largest absolute Gasteiger partial charge is 0.345 e. The summed E-state index contributed by atoms with van der Waals surface area (Å²) >= 11 is 0. The normalized spacial score (nSPS) is 28.4. The first kappa shape index (κ1) is 15.0. The maximum Gasteiger partial charge on any atom is 0.220 e. The van der Waals surface area contributed by atoms with Crippen LogP contribution in [0.5, 0.6) is 0 Å². The number of benzene rings is 1. The van der Waals surface area contributed by atoms with E-state index in [1.165, 1.54) is 5.56 Å². The monoisotopic (exact) mass is 338 g/mol. The number of ketones is 1. The molecule has 0 bridgehead atoms. The predicted octanol–water partition coefficient (Wildman–Crippen LogP) is 1.49. The minimum atomic E-state index is -0.425. The third-order valence-corrected chi connectivity index (χ3v) is 6.08. The number of carbonyl (C=O) groups excluding carboxylic acids is 2. The molecule has 6 nitrogen and oxygen atoms in total. The second kappa shape index (κ2) is 5.08. The van der Waals surface area contributed by atoms with Crippen molar-refractivity contribution in [3.8, 4) is 0 Å². The first-order chi connectivity index (χ1) is 12.1. The van der Waals surface area contributed by atoms with Crippen LogP contribution in [0.1, 0.15) is 41.6 Å². The second-order valence-corrected chi connectivity index (χ2v) is 7.48. The molecule has 3 aliphatic rings.